The van der Waals surface area contributed by atoms with E-state index < -0.39 is 11.5 Å². The summed E-state index contributed by atoms with van der Waals surface area (Å²) < 4.78 is 2.20. The third-order valence-electron chi connectivity index (χ3n) is 6.22. The Labute approximate surface area is 178 Å². The lowest BCUT2D eigenvalue weighted by Crippen LogP contribution is -2.53. The summed E-state index contributed by atoms with van der Waals surface area (Å²) in [4.78, 5) is 44.5. The van der Waals surface area contributed by atoms with Gasteiger partial charge >= 0.3 is 0 Å². The third-order valence-corrected chi connectivity index (χ3v) is 6.22. The second kappa shape index (κ2) is 8.88. The summed E-state index contributed by atoms with van der Waals surface area (Å²) >= 11 is 0. The first-order valence-corrected chi connectivity index (χ1v) is 10.9. The van der Waals surface area contributed by atoms with Gasteiger partial charge in [0.2, 0.25) is 5.91 Å². The second-order valence-corrected chi connectivity index (χ2v) is 9.71. The number of fused-ring (bicyclic) bond motifs is 1. The van der Waals surface area contributed by atoms with Crippen LogP contribution in [0.15, 0.2) is 0 Å². The first-order valence-electron chi connectivity index (χ1n) is 10.9. The number of carbonyl (C=O) groups excluding carboxylic acids is 3. The number of hydrogen-bond donors (Lipinski definition) is 2. The minimum atomic E-state index is -0.661. The highest BCUT2D eigenvalue weighted by atomic mass is 16.2. The first kappa shape index (κ1) is 22.5. The summed E-state index contributed by atoms with van der Waals surface area (Å²) in [5, 5.41) is 5.58. The van der Waals surface area contributed by atoms with E-state index in [-0.39, 0.29) is 17.7 Å². The van der Waals surface area contributed by atoms with E-state index in [0.717, 1.165) is 43.9 Å². The predicted octanol–water partition coefficient (Wildman–Crippen LogP) is 1.84. The van der Waals surface area contributed by atoms with Crippen LogP contribution in [0.2, 0.25) is 0 Å². The van der Waals surface area contributed by atoms with Crippen molar-refractivity contribution in [2.24, 2.45) is 5.41 Å². The zero-order chi connectivity index (χ0) is 22.1. The minimum absolute atomic E-state index is 0.198. The van der Waals surface area contributed by atoms with Crippen molar-refractivity contribution in [1.82, 2.24) is 25.1 Å². The van der Waals surface area contributed by atoms with Gasteiger partial charge in [-0.3, -0.25) is 14.4 Å². The molecule has 0 radical (unpaired) electrons. The van der Waals surface area contributed by atoms with Crippen LogP contribution in [0.3, 0.4) is 0 Å². The molecular formula is C22H35N5O3. The maximum absolute atomic E-state index is 13.3. The molecule has 1 atom stereocenters. The molecule has 30 heavy (non-hydrogen) atoms. The van der Waals surface area contributed by atoms with Crippen LogP contribution >= 0.6 is 0 Å². The van der Waals surface area contributed by atoms with E-state index in [2.05, 4.69) is 20.1 Å². The second-order valence-electron chi connectivity index (χ2n) is 9.71. The first-order chi connectivity index (χ1) is 14.1. The van der Waals surface area contributed by atoms with Gasteiger partial charge in [-0.2, -0.15) is 0 Å². The molecule has 1 fully saturated rings. The molecule has 8 nitrogen and oxygen atoms in total. The zero-order valence-corrected chi connectivity index (χ0v) is 18.9. The summed E-state index contributed by atoms with van der Waals surface area (Å²) in [5.74, 6) is 0.902. The molecule has 1 aliphatic heterocycles. The molecule has 1 aliphatic carbocycles. The van der Waals surface area contributed by atoms with Crippen molar-refractivity contribution in [1.29, 1.82) is 0 Å². The van der Waals surface area contributed by atoms with E-state index in [0.29, 0.717) is 30.9 Å². The number of carbonyl (C=O) groups is 3. The summed E-state index contributed by atoms with van der Waals surface area (Å²) in [6.07, 6.45) is 3.72. The number of Topliss-reactive ketones (excluding diaryl/α,β-unsaturated/α-hetero) is 1. The van der Waals surface area contributed by atoms with E-state index in [1.54, 1.807) is 7.05 Å². The zero-order valence-electron chi connectivity index (χ0n) is 18.9. The van der Waals surface area contributed by atoms with Gasteiger partial charge in [0.25, 0.3) is 5.91 Å². The monoisotopic (exact) mass is 417 g/mol. The molecule has 166 valence electrons. The van der Waals surface area contributed by atoms with Crippen molar-refractivity contribution in [3.8, 4) is 0 Å². The van der Waals surface area contributed by atoms with Gasteiger partial charge < -0.3 is 20.1 Å². The molecule has 0 spiro atoms. The minimum Gasteiger partial charge on any atom is -0.357 e. The topological polar surface area (TPSA) is 96.3 Å². The smallest absolute Gasteiger partial charge is 0.272 e. The maximum Gasteiger partial charge on any atom is 0.272 e. The number of ketones is 1. The number of rotatable bonds is 4. The van der Waals surface area contributed by atoms with Crippen molar-refractivity contribution < 1.29 is 14.4 Å². The molecule has 2 N–H and O–H groups in total. The lowest BCUT2D eigenvalue weighted by Gasteiger charge is -2.29. The van der Waals surface area contributed by atoms with Crippen LogP contribution in [0, 0.1) is 5.41 Å². The average molecular weight is 418 g/mol. The van der Waals surface area contributed by atoms with Crippen molar-refractivity contribution >= 4 is 17.6 Å². The number of amides is 2. The molecular weight excluding hydrogens is 382 g/mol. The Morgan fingerprint density at radius 1 is 1.17 bits per heavy atom. The molecule has 0 bridgehead atoms. The molecule has 2 amide bonds. The van der Waals surface area contributed by atoms with E-state index in [1.165, 1.54) is 0 Å². The fourth-order valence-corrected chi connectivity index (χ4v) is 4.46. The summed E-state index contributed by atoms with van der Waals surface area (Å²) in [7, 11) is 3.62. The SMILES string of the molecule is CNC(=O)[C@@H](NC(=O)c1nc(C2CCC(=O)CC2)n2c1CN(C)CCC2)C(C)(C)C. The number of imidazole rings is 1. The maximum atomic E-state index is 13.3. The van der Waals surface area contributed by atoms with E-state index in [1.807, 2.05) is 27.8 Å². The largest absolute Gasteiger partial charge is 0.357 e. The molecule has 0 unspecified atom stereocenters. The lowest BCUT2D eigenvalue weighted by atomic mass is 9.86. The van der Waals surface area contributed by atoms with Crippen LogP contribution in [0.4, 0.5) is 0 Å². The van der Waals surface area contributed by atoms with Crippen LogP contribution in [0.5, 0.6) is 0 Å². The van der Waals surface area contributed by atoms with Crippen LogP contribution in [-0.4, -0.2) is 58.7 Å². The summed E-state index contributed by atoms with van der Waals surface area (Å²) in [6, 6.07) is -0.661. The van der Waals surface area contributed by atoms with E-state index in [9.17, 15) is 14.4 Å². The average Bonchev–Trinajstić information content (AvgIpc) is 2.91. The van der Waals surface area contributed by atoms with Crippen molar-refractivity contribution in [3.05, 3.63) is 17.2 Å². The molecule has 1 aromatic rings. The Morgan fingerprint density at radius 2 is 1.83 bits per heavy atom. The number of nitrogens with one attached hydrogen (secondary N) is 2. The van der Waals surface area contributed by atoms with E-state index in [4.69, 9.17) is 4.98 Å². The van der Waals surface area contributed by atoms with Crippen LogP contribution in [0.25, 0.3) is 0 Å². The predicted molar refractivity (Wildman–Crippen MR) is 114 cm³/mol. The van der Waals surface area contributed by atoms with Gasteiger partial charge in [0.05, 0.1) is 5.69 Å². The van der Waals surface area contributed by atoms with Crippen molar-refractivity contribution in [2.45, 2.75) is 77.9 Å². The molecule has 2 heterocycles. The Balaban J connectivity index is 1.96. The van der Waals surface area contributed by atoms with Gasteiger partial charge in [0.1, 0.15) is 17.6 Å². The van der Waals surface area contributed by atoms with Crippen LogP contribution in [0.1, 0.15) is 80.8 Å². The highest BCUT2D eigenvalue weighted by molar-refractivity contribution is 5.97. The van der Waals surface area contributed by atoms with E-state index >= 15 is 0 Å². The van der Waals surface area contributed by atoms with Gasteiger partial charge in [-0.1, -0.05) is 20.8 Å². The van der Waals surface area contributed by atoms with Crippen LogP contribution < -0.4 is 10.6 Å². The fraction of sp³-hybridized carbons (Fsp3) is 0.727. The van der Waals surface area contributed by atoms with Gasteiger partial charge in [0.15, 0.2) is 5.69 Å². The summed E-state index contributed by atoms with van der Waals surface area (Å²) in [6.45, 7) is 8.20. The summed E-state index contributed by atoms with van der Waals surface area (Å²) in [5.41, 5.74) is 0.883. The Kier molecular flexibility index (Phi) is 6.65. The molecule has 8 heteroatoms. The lowest BCUT2D eigenvalue weighted by molar-refractivity contribution is -0.125. The van der Waals surface area contributed by atoms with Gasteiger partial charge in [-0.05, 0) is 38.3 Å². The number of hydrogen-bond acceptors (Lipinski definition) is 5. The highest BCUT2D eigenvalue weighted by Gasteiger charge is 2.35. The standard InChI is InChI=1S/C22H35N5O3/c1-22(2,3)18(21(30)23-4)25-20(29)17-16-13-26(5)11-6-12-27(16)19(24-17)14-7-9-15(28)10-8-14/h14,18H,6-13H2,1-5H3,(H,23,30)(H,25,29)/t18-/m1/s1. The molecule has 0 saturated heterocycles. The van der Waals surface area contributed by atoms with Crippen molar-refractivity contribution in [2.75, 3.05) is 20.6 Å². The highest BCUT2D eigenvalue weighted by Crippen LogP contribution is 2.33. The Hall–Kier alpha value is -2.22. The number of likely N-dealkylation sites (N-methyl/N-ethyl adjacent to an activating group) is 1. The van der Waals surface area contributed by atoms with Gasteiger partial charge in [-0.15, -0.1) is 0 Å². The molecule has 2 aliphatic rings. The number of aromatic nitrogens is 2. The third kappa shape index (κ3) is 4.74. The number of nitrogens with zero attached hydrogens (tertiary/aromatic N) is 3. The Bertz CT molecular complexity index is 813. The molecule has 3 rings (SSSR count). The van der Waals surface area contributed by atoms with Gasteiger partial charge in [0, 0.05) is 38.9 Å². The fourth-order valence-electron chi connectivity index (χ4n) is 4.46. The van der Waals surface area contributed by atoms with Crippen LogP contribution in [-0.2, 0) is 22.7 Å². The molecule has 1 saturated carbocycles. The molecule has 1 aromatic heterocycles. The normalized spacial score (nSPS) is 19.7. The molecule has 0 aromatic carbocycles. The van der Waals surface area contributed by atoms with Gasteiger partial charge in [-0.25, -0.2) is 4.98 Å². The van der Waals surface area contributed by atoms with Crippen molar-refractivity contribution in [3.63, 3.8) is 0 Å². The quantitative estimate of drug-likeness (QED) is 0.779. The Morgan fingerprint density at radius 3 is 2.43 bits per heavy atom.